The number of rotatable bonds is 7. The van der Waals surface area contributed by atoms with Crippen LogP contribution in [-0.4, -0.2) is 49.6 Å². The van der Waals surface area contributed by atoms with Crippen molar-refractivity contribution in [1.29, 1.82) is 0 Å². The molecule has 1 amide bonds. The second-order valence-electron chi connectivity index (χ2n) is 8.79. The van der Waals surface area contributed by atoms with Gasteiger partial charge in [-0.1, -0.05) is 49.6 Å². The van der Waals surface area contributed by atoms with E-state index in [2.05, 4.69) is 45.4 Å². The van der Waals surface area contributed by atoms with Gasteiger partial charge >= 0.3 is 5.97 Å². The largest absolute Gasteiger partial charge is 0.455 e. The maximum atomic E-state index is 12.2. The normalized spacial score (nSPS) is 17.7. The maximum absolute atomic E-state index is 12.2. The summed E-state index contributed by atoms with van der Waals surface area (Å²) in [7, 11) is 0. The number of ether oxygens (including phenoxy) is 1. The van der Waals surface area contributed by atoms with Crippen molar-refractivity contribution in [3.63, 3.8) is 0 Å². The summed E-state index contributed by atoms with van der Waals surface area (Å²) in [4.78, 5) is 29.1. The Morgan fingerprint density at radius 2 is 1.56 bits per heavy atom. The number of carbonyl (C=O) groups is 2. The van der Waals surface area contributed by atoms with Gasteiger partial charge in [-0.15, -0.1) is 0 Å². The molecule has 1 aliphatic carbocycles. The number of hydrogen-bond donors (Lipinski definition) is 1. The Hall–Kier alpha value is -2.86. The third kappa shape index (κ3) is 6.33. The van der Waals surface area contributed by atoms with Crippen molar-refractivity contribution in [2.24, 2.45) is 5.92 Å². The number of esters is 1. The number of hydrogen-bond acceptors (Lipinski definition) is 5. The number of nitrogens with one attached hydrogen (secondary N) is 1. The quantitative estimate of drug-likeness (QED) is 0.665. The van der Waals surface area contributed by atoms with Gasteiger partial charge in [-0.2, -0.15) is 0 Å². The standard InChI is InChI=1S/C26H33N3O3/c30-25(20-32-26(31)22-9-5-2-6-10-22)27-23-11-13-24(14-12-23)29-17-15-28(16-18-29)19-21-7-3-1-4-8-21/h1,3-4,7-8,11-14,22H,2,5-6,9-10,15-20H2,(H,27,30). The highest BCUT2D eigenvalue weighted by atomic mass is 16.5. The van der Waals surface area contributed by atoms with Crippen LogP contribution in [0.15, 0.2) is 54.6 Å². The predicted octanol–water partition coefficient (Wildman–Crippen LogP) is 4.07. The summed E-state index contributed by atoms with van der Waals surface area (Å²) in [5.41, 5.74) is 3.23. The summed E-state index contributed by atoms with van der Waals surface area (Å²) in [6.07, 6.45) is 5.08. The molecule has 1 heterocycles. The van der Waals surface area contributed by atoms with Crippen LogP contribution in [0.1, 0.15) is 37.7 Å². The summed E-state index contributed by atoms with van der Waals surface area (Å²) in [5, 5.41) is 2.82. The molecule has 2 fully saturated rings. The van der Waals surface area contributed by atoms with Gasteiger partial charge in [-0.25, -0.2) is 0 Å². The van der Waals surface area contributed by atoms with Crippen LogP contribution >= 0.6 is 0 Å². The Balaban J connectivity index is 1.19. The fourth-order valence-electron chi connectivity index (χ4n) is 4.55. The van der Waals surface area contributed by atoms with Crippen LogP contribution < -0.4 is 10.2 Å². The molecule has 2 aliphatic rings. The SMILES string of the molecule is O=C(COC(=O)C1CCCCC1)Nc1ccc(N2CCN(Cc3ccccc3)CC2)cc1. The van der Waals surface area contributed by atoms with Gasteiger partial charge < -0.3 is 15.0 Å². The van der Waals surface area contributed by atoms with E-state index in [0.29, 0.717) is 0 Å². The lowest BCUT2D eigenvalue weighted by molar-refractivity contribution is -0.152. The van der Waals surface area contributed by atoms with Gasteiger partial charge in [0.25, 0.3) is 5.91 Å². The second-order valence-corrected chi connectivity index (χ2v) is 8.79. The smallest absolute Gasteiger partial charge is 0.309 e. The lowest BCUT2D eigenvalue weighted by Gasteiger charge is -2.36. The Morgan fingerprint density at radius 3 is 2.25 bits per heavy atom. The molecular weight excluding hydrogens is 402 g/mol. The van der Waals surface area contributed by atoms with Crippen LogP contribution in [-0.2, 0) is 20.9 Å². The number of anilines is 2. The van der Waals surface area contributed by atoms with Gasteiger partial charge in [0.2, 0.25) is 0 Å². The van der Waals surface area contributed by atoms with E-state index in [1.807, 2.05) is 24.3 Å². The average Bonchev–Trinajstić information content (AvgIpc) is 2.85. The van der Waals surface area contributed by atoms with Crippen molar-refractivity contribution in [2.75, 3.05) is 43.0 Å². The molecule has 0 unspecified atom stereocenters. The molecule has 0 aromatic heterocycles. The van der Waals surface area contributed by atoms with E-state index in [4.69, 9.17) is 4.74 Å². The van der Waals surface area contributed by atoms with Crippen LogP contribution in [0.5, 0.6) is 0 Å². The fourth-order valence-corrected chi connectivity index (χ4v) is 4.55. The monoisotopic (exact) mass is 435 g/mol. The van der Waals surface area contributed by atoms with Gasteiger partial charge in [-0.3, -0.25) is 14.5 Å². The van der Waals surface area contributed by atoms with Gasteiger partial charge in [0.15, 0.2) is 6.61 Å². The molecule has 0 bridgehead atoms. The zero-order valence-electron chi connectivity index (χ0n) is 18.7. The third-order valence-electron chi connectivity index (χ3n) is 6.42. The molecule has 1 N–H and O–H groups in total. The molecule has 2 aromatic carbocycles. The first-order valence-electron chi connectivity index (χ1n) is 11.8. The lowest BCUT2D eigenvalue weighted by Crippen LogP contribution is -2.45. The summed E-state index contributed by atoms with van der Waals surface area (Å²) < 4.78 is 5.22. The minimum atomic E-state index is -0.295. The molecule has 4 rings (SSSR count). The minimum Gasteiger partial charge on any atom is -0.455 e. The van der Waals surface area contributed by atoms with Crippen molar-refractivity contribution in [1.82, 2.24) is 4.90 Å². The Labute approximate surface area is 190 Å². The van der Waals surface area contributed by atoms with E-state index in [1.54, 1.807) is 0 Å². The molecular formula is C26H33N3O3. The van der Waals surface area contributed by atoms with E-state index < -0.39 is 0 Å². The molecule has 1 saturated heterocycles. The lowest BCUT2D eigenvalue weighted by atomic mass is 9.89. The molecule has 170 valence electrons. The number of carbonyl (C=O) groups excluding carboxylic acids is 2. The van der Waals surface area contributed by atoms with E-state index in [9.17, 15) is 9.59 Å². The van der Waals surface area contributed by atoms with Crippen molar-refractivity contribution >= 4 is 23.3 Å². The van der Waals surface area contributed by atoms with Crippen LogP contribution in [0.25, 0.3) is 0 Å². The Kier molecular flexibility index (Phi) is 7.77. The molecule has 2 aromatic rings. The highest BCUT2D eigenvalue weighted by molar-refractivity contribution is 5.93. The van der Waals surface area contributed by atoms with Crippen LogP contribution in [0.3, 0.4) is 0 Å². The zero-order chi connectivity index (χ0) is 22.2. The van der Waals surface area contributed by atoms with Crippen LogP contribution in [0.2, 0.25) is 0 Å². The maximum Gasteiger partial charge on any atom is 0.309 e. The highest BCUT2D eigenvalue weighted by Crippen LogP contribution is 2.24. The van der Waals surface area contributed by atoms with Gasteiger partial charge in [0.1, 0.15) is 0 Å². The van der Waals surface area contributed by atoms with Crippen molar-refractivity contribution in [3.8, 4) is 0 Å². The molecule has 6 nitrogen and oxygen atoms in total. The van der Waals surface area contributed by atoms with Crippen molar-refractivity contribution < 1.29 is 14.3 Å². The molecule has 0 radical (unpaired) electrons. The van der Waals surface area contributed by atoms with Crippen molar-refractivity contribution in [3.05, 3.63) is 60.2 Å². The summed E-state index contributed by atoms with van der Waals surface area (Å²) in [6, 6.07) is 18.5. The van der Waals surface area contributed by atoms with Gasteiger partial charge in [-0.05, 0) is 42.7 Å². The first-order chi connectivity index (χ1) is 15.7. The van der Waals surface area contributed by atoms with Crippen LogP contribution in [0, 0.1) is 5.92 Å². The summed E-state index contributed by atoms with van der Waals surface area (Å²) in [6.45, 7) is 4.79. The van der Waals surface area contributed by atoms with E-state index in [0.717, 1.165) is 69.8 Å². The van der Waals surface area contributed by atoms with E-state index in [1.165, 1.54) is 12.0 Å². The van der Waals surface area contributed by atoms with Gasteiger partial charge in [0, 0.05) is 44.1 Å². The molecule has 0 atom stereocenters. The van der Waals surface area contributed by atoms with Crippen molar-refractivity contribution in [2.45, 2.75) is 38.6 Å². The number of benzene rings is 2. The molecule has 0 spiro atoms. The van der Waals surface area contributed by atoms with E-state index in [-0.39, 0.29) is 24.4 Å². The molecule has 6 heteroatoms. The topological polar surface area (TPSA) is 61.9 Å². The predicted molar refractivity (Wildman–Crippen MR) is 127 cm³/mol. The first kappa shape index (κ1) is 22.3. The summed E-state index contributed by atoms with van der Waals surface area (Å²) in [5.74, 6) is -0.568. The van der Waals surface area contributed by atoms with Crippen LogP contribution in [0.4, 0.5) is 11.4 Å². The summed E-state index contributed by atoms with van der Waals surface area (Å²) >= 11 is 0. The number of nitrogens with zero attached hydrogens (tertiary/aromatic N) is 2. The zero-order valence-corrected chi connectivity index (χ0v) is 18.7. The first-order valence-corrected chi connectivity index (χ1v) is 11.8. The van der Waals surface area contributed by atoms with E-state index >= 15 is 0 Å². The second kappa shape index (κ2) is 11.1. The average molecular weight is 436 g/mol. The number of amides is 1. The third-order valence-corrected chi connectivity index (χ3v) is 6.42. The van der Waals surface area contributed by atoms with Gasteiger partial charge in [0.05, 0.1) is 5.92 Å². The molecule has 32 heavy (non-hydrogen) atoms. The molecule has 1 saturated carbocycles. The Morgan fingerprint density at radius 1 is 0.875 bits per heavy atom. The molecule has 1 aliphatic heterocycles. The highest BCUT2D eigenvalue weighted by Gasteiger charge is 2.23. The minimum absolute atomic E-state index is 0.0380. The number of piperazine rings is 1. The Bertz CT molecular complexity index is 871. The fraction of sp³-hybridized carbons (Fsp3) is 0.462.